The molecule has 0 bridgehead atoms. The first kappa shape index (κ1) is 19.5. The summed E-state index contributed by atoms with van der Waals surface area (Å²) < 4.78 is 6.66. The molecule has 0 heterocycles. The van der Waals surface area contributed by atoms with E-state index in [-0.39, 0.29) is 0 Å². The minimum atomic E-state index is 0.376. The Balaban J connectivity index is 1.35. The molecule has 0 N–H and O–H groups in total. The van der Waals surface area contributed by atoms with Crippen molar-refractivity contribution in [2.24, 2.45) is 29.1 Å². The topological polar surface area (TPSA) is 26.3 Å². The lowest BCUT2D eigenvalue weighted by molar-refractivity contribution is -0.117. The number of hydrogen-bond acceptors (Lipinski definition) is 2. The molecule has 0 amide bonds. The number of ketones is 1. The number of benzene rings is 1. The Kier molecular flexibility index (Phi) is 5.41. The second kappa shape index (κ2) is 8.02. The number of fused-ring (bicyclic) bond motifs is 5. The maximum Gasteiger partial charge on any atom is 0.155 e. The smallest absolute Gasteiger partial charge is 0.155 e. The van der Waals surface area contributed by atoms with Crippen molar-refractivity contribution < 1.29 is 9.53 Å². The second-order valence-electron chi connectivity index (χ2n) is 10.2. The fourth-order valence-corrected chi connectivity index (χ4v) is 7.90. The molecule has 0 aliphatic heterocycles. The number of carbonyl (C=O) groups is 1. The Morgan fingerprint density at radius 2 is 1.86 bits per heavy atom. The highest BCUT2D eigenvalue weighted by Gasteiger charge is 2.58. The molecule has 0 radical (unpaired) electrons. The highest BCUT2D eigenvalue weighted by Crippen LogP contribution is 2.64. The summed E-state index contributed by atoms with van der Waals surface area (Å²) in [5.74, 6) is 3.60. The molecule has 2 nitrogen and oxygen atoms in total. The van der Waals surface area contributed by atoms with Crippen molar-refractivity contribution in [2.45, 2.75) is 83.8 Å². The van der Waals surface area contributed by atoms with Crippen LogP contribution in [0.3, 0.4) is 0 Å². The third-order valence-corrected chi connectivity index (χ3v) is 8.95. The fourth-order valence-electron chi connectivity index (χ4n) is 7.90. The summed E-state index contributed by atoms with van der Waals surface area (Å²) in [6, 6.07) is 10.7. The van der Waals surface area contributed by atoms with Crippen LogP contribution in [0.4, 0.5) is 0 Å². The summed E-state index contributed by atoms with van der Waals surface area (Å²) in [4.78, 5) is 11.9. The molecule has 1 aromatic rings. The molecule has 156 valence electrons. The van der Waals surface area contributed by atoms with Gasteiger partial charge in [-0.15, -0.1) is 0 Å². The maximum atomic E-state index is 11.9. The van der Waals surface area contributed by atoms with Gasteiger partial charge in [-0.2, -0.15) is 0 Å². The Morgan fingerprint density at radius 3 is 2.69 bits per heavy atom. The molecule has 0 aromatic heterocycles. The summed E-state index contributed by atoms with van der Waals surface area (Å²) in [7, 11) is 0. The Morgan fingerprint density at radius 1 is 1.00 bits per heavy atom. The molecule has 1 aromatic carbocycles. The Hall–Kier alpha value is -1.41. The number of carbonyl (C=O) groups excluding carboxylic acids is 1. The molecule has 3 fully saturated rings. The first-order valence-corrected chi connectivity index (χ1v) is 12.1. The van der Waals surface area contributed by atoms with Crippen LogP contribution >= 0.6 is 0 Å². The monoisotopic (exact) mass is 392 g/mol. The minimum Gasteiger partial charge on any atom is -0.373 e. The van der Waals surface area contributed by atoms with E-state index in [1.54, 1.807) is 0 Å². The van der Waals surface area contributed by atoms with Gasteiger partial charge in [0, 0.05) is 6.42 Å². The summed E-state index contributed by atoms with van der Waals surface area (Å²) in [6.45, 7) is 3.12. The minimum absolute atomic E-state index is 0.376. The quantitative estimate of drug-likeness (QED) is 0.572. The van der Waals surface area contributed by atoms with Gasteiger partial charge in [0.05, 0.1) is 12.7 Å². The SMILES string of the molecule is CCC[C@]12CC[C@H]3[C@@H](CCC4=CC(=O)CC[C@@H]43)[C@@H]1CC[C@@H]2OCc1ccccc1. The van der Waals surface area contributed by atoms with E-state index >= 15 is 0 Å². The molecule has 0 saturated heterocycles. The van der Waals surface area contributed by atoms with Crippen LogP contribution in [0.25, 0.3) is 0 Å². The van der Waals surface area contributed by atoms with Gasteiger partial charge in [0.1, 0.15) is 0 Å². The van der Waals surface area contributed by atoms with Gasteiger partial charge < -0.3 is 4.74 Å². The third-order valence-electron chi connectivity index (χ3n) is 8.95. The zero-order chi connectivity index (χ0) is 19.8. The maximum absolute atomic E-state index is 11.9. The average Bonchev–Trinajstić information content (AvgIpc) is 3.11. The first-order valence-electron chi connectivity index (χ1n) is 12.1. The van der Waals surface area contributed by atoms with Crippen LogP contribution in [0.5, 0.6) is 0 Å². The average molecular weight is 393 g/mol. The van der Waals surface area contributed by atoms with E-state index in [9.17, 15) is 4.79 Å². The van der Waals surface area contributed by atoms with E-state index in [1.165, 1.54) is 62.5 Å². The van der Waals surface area contributed by atoms with Crippen LogP contribution in [0.2, 0.25) is 0 Å². The van der Waals surface area contributed by atoms with Gasteiger partial charge in [-0.25, -0.2) is 0 Å². The largest absolute Gasteiger partial charge is 0.373 e. The number of ether oxygens (including phenoxy) is 1. The van der Waals surface area contributed by atoms with E-state index in [2.05, 4.69) is 37.3 Å². The van der Waals surface area contributed by atoms with Gasteiger partial charge in [0.15, 0.2) is 5.78 Å². The molecule has 3 saturated carbocycles. The van der Waals surface area contributed by atoms with Crippen LogP contribution in [0.1, 0.15) is 76.7 Å². The summed E-state index contributed by atoms with van der Waals surface area (Å²) in [5, 5.41) is 0. The van der Waals surface area contributed by atoms with Crippen molar-refractivity contribution in [3.8, 4) is 0 Å². The van der Waals surface area contributed by atoms with E-state index in [4.69, 9.17) is 4.74 Å². The lowest BCUT2D eigenvalue weighted by atomic mass is 9.51. The number of rotatable bonds is 5. The summed E-state index contributed by atoms with van der Waals surface area (Å²) in [6.07, 6.45) is 14.7. The highest BCUT2D eigenvalue weighted by atomic mass is 16.5. The van der Waals surface area contributed by atoms with E-state index < -0.39 is 0 Å². The molecule has 0 spiro atoms. The third kappa shape index (κ3) is 3.42. The van der Waals surface area contributed by atoms with E-state index in [0.717, 1.165) is 37.2 Å². The van der Waals surface area contributed by atoms with Gasteiger partial charge in [0.25, 0.3) is 0 Å². The number of hydrogen-bond donors (Lipinski definition) is 0. The van der Waals surface area contributed by atoms with Gasteiger partial charge >= 0.3 is 0 Å². The zero-order valence-electron chi connectivity index (χ0n) is 17.9. The molecule has 2 heteroatoms. The second-order valence-corrected chi connectivity index (χ2v) is 10.2. The predicted octanol–water partition coefficient (Wildman–Crippen LogP) is 6.49. The molecular weight excluding hydrogens is 356 g/mol. The Labute approximate surface area is 176 Å². The van der Waals surface area contributed by atoms with Crippen molar-refractivity contribution in [2.75, 3.05) is 0 Å². The van der Waals surface area contributed by atoms with Crippen LogP contribution < -0.4 is 0 Å². The van der Waals surface area contributed by atoms with Crippen molar-refractivity contribution in [3.05, 3.63) is 47.5 Å². The standard InChI is InChI=1S/C27H36O2/c1-2-15-27-16-14-23-22-11-9-21(28)17-20(22)8-10-24(23)25(27)12-13-26(27)29-18-19-6-4-3-5-7-19/h3-7,17,22-26H,2,8-16,18H2,1H3/t22-,23+,24+,25-,26-,27-/m0/s1. The zero-order valence-corrected chi connectivity index (χ0v) is 17.9. The van der Waals surface area contributed by atoms with Gasteiger partial charge in [0.2, 0.25) is 0 Å². The highest BCUT2D eigenvalue weighted by molar-refractivity contribution is 5.91. The molecule has 5 rings (SSSR count). The predicted molar refractivity (Wildman–Crippen MR) is 116 cm³/mol. The normalized spacial score (nSPS) is 38.7. The molecule has 29 heavy (non-hydrogen) atoms. The fraction of sp³-hybridized carbons (Fsp3) is 0.667. The van der Waals surface area contributed by atoms with E-state index in [0.29, 0.717) is 23.2 Å². The van der Waals surface area contributed by atoms with Crippen molar-refractivity contribution >= 4 is 5.78 Å². The lowest BCUT2D eigenvalue weighted by Gasteiger charge is -2.55. The molecule has 0 unspecified atom stereocenters. The summed E-state index contributed by atoms with van der Waals surface area (Å²) >= 11 is 0. The van der Waals surface area contributed by atoms with E-state index in [1.807, 2.05) is 6.08 Å². The van der Waals surface area contributed by atoms with Crippen LogP contribution in [-0.4, -0.2) is 11.9 Å². The molecular formula is C27H36O2. The molecule has 6 atom stereocenters. The Bertz CT molecular complexity index is 766. The molecule has 4 aliphatic carbocycles. The van der Waals surface area contributed by atoms with Gasteiger partial charge in [-0.3, -0.25) is 4.79 Å². The van der Waals surface area contributed by atoms with Gasteiger partial charge in [-0.05, 0) is 92.1 Å². The summed E-state index contributed by atoms with van der Waals surface area (Å²) in [5.41, 5.74) is 3.20. The van der Waals surface area contributed by atoms with Crippen LogP contribution in [-0.2, 0) is 16.1 Å². The number of allylic oxidation sites excluding steroid dienone is 1. The van der Waals surface area contributed by atoms with Crippen molar-refractivity contribution in [1.82, 2.24) is 0 Å². The lowest BCUT2D eigenvalue weighted by Crippen LogP contribution is -2.49. The molecule has 4 aliphatic rings. The van der Waals surface area contributed by atoms with Crippen molar-refractivity contribution in [1.29, 1.82) is 0 Å². The van der Waals surface area contributed by atoms with Crippen LogP contribution in [0, 0.1) is 29.1 Å². The van der Waals surface area contributed by atoms with Crippen LogP contribution in [0.15, 0.2) is 42.0 Å². The van der Waals surface area contributed by atoms with Crippen molar-refractivity contribution in [3.63, 3.8) is 0 Å². The van der Waals surface area contributed by atoms with Gasteiger partial charge in [-0.1, -0.05) is 49.2 Å². The first-order chi connectivity index (χ1) is 14.2.